The van der Waals surface area contributed by atoms with Crippen molar-refractivity contribution >= 4 is 5.91 Å². The van der Waals surface area contributed by atoms with Crippen molar-refractivity contribution < 1.29 is 19.0 Å². The van der Waals surface area contributed by atoms with Crippen LogP contribution >= 0.6 is 0 Å². The van der Waals surface area contributed by atoms with Gasteiger partial charge in [0, 0.05) is 6.04 Å². The molecule has 0 spiro atoms. The van der Waals surface area contributed by atoms with Crippen molar-refractivity contribution in [2.75, 3.05) is 27.1 Å². The number of benzene rings is 1. The topological polar surface area (TPSA) is 68.8 Å². The number of carbonyl (C=O) groups is 1. The Kier molecular flexibility index (Phi) is 3.98. The van der Waals surface area contributed by atoms with Crippen LogP contribution in [0.1, 0.15) is 18.5 Å². The van der Waals surface area contributed by atoms with Gasteiger partial charge in [0.25, 0.3) is 0 Å². The van der Waals surface area contributed by atoms with Gasteiger partial charge in [-0.3, -0.25) is 4.79 Å². The fraction of sp³-hybridized carbons (Fsp3) is 0.533. The van der Waals surface area contributed by atoms with Gasteiger partial charge in [-0.1, -0.05) is 6.07 Å². The fourth-order valence-electron chi connectivity index (χ4n) is 2.68. The maximum atomic E-state index is 12.3. The van der Waals surface area contributed by atoms with Crippen LogP contribution in [0.25, 0.3) is 0 Å². The third-order valence-electron chi connectivity index (χ3n) is 4.04. The summed E-state index contributed by atoms with van der Waals surface area (Å²) < 4.78 is 16.0. The van der Waals surface area contributed by atoms with Crippen molar-refractivity contribution in [3.63, 3.8) is 0 Å². The smallest absolute Gasteiger partial charge is 0.231 e. The predicted octanol–water partition coefficient (Wildman–Crippen LogP) is 0.827. The van der Waals surface area contributed by atoms with E-state index in [0.717, 1.165) is 17.1 Å². The monoisotopic (exact) mass is 292 g/mol. The van der Waals surface area contributed by atoms with E-state index in [1.165, 1.54) is 0 Å². The van der Waals surface area contributed by atoms with Crippen molar-refractivity contribution in [1.82, 2.24) is 10.6 Å². The summed E-state index contributed by atoms with van der Waals surface area (Å²) in [6, 6.07) is 5.71. The molecule has 2 heterocycles. The molecular formula is C15H20N2O4. The minimum atomic E-state index is -0.147. The number of nitrogens with one attached hydrogen (secondary N) is 2. The average molecular weight is 292 g/mol. The summed E-state index contributed by atoms with van der Waals surface area (Å²) in [4.78, 5) is 12.3. The molecule has 0 aliphatic carbocycles. The van der Waals surface area contributed by atoms with Crippen molar-refractivity contribution in [2.24, 2.45) is 5.92 Å². The molecule has 21 heavy (non-hydrogen) atoms. The van der Waals surface area contributed by atoms with Gasteiger partial charge in [0.05, 0.1) is 25.2 Å². The molecule has 1 fully saturated rings. The van der Waals surface area contributed by atoms with Crippen LogP contribution in [0.4, 0.5) is 0 Å². The average Bonchev–Trinajstić information content (AvgIpc) is 3.14. The summed E-state index contributed by atoms with van der Waals surface area (Å²) >= 11 is 0. The lowest BCUT2D eigenvalue weighted by Crippen LogP contribution is -2.43. The molecule has 1 aromatic carbocycles. The summed E-state index contributed by atoms with van der Waals surface area (Å²) in [5.41, 5.74) is 0.993. The first-order valence-corrected chi connectivity index (χ1v) is 7.14. The molecular weight excluding hydrogens is 272 g/mol. The first kappa shape index (κ1) is 14.2. The summed E-state index contributed by atoms with van der Waals surface area (Å²) in [5.74, 6) is 1.34. The van der Waals surface area contributed by atoms with Crippen LogP contribution in [0.2, 0.25) is 0 Å². The molecule has 2 aliphatic heterocycles. The highest BCUT2D eigenvalue weighted by Crippen LogP contribution is 2.34. The maximum absolute atomic E-state index is 12.3. The molecule has 3 unspecified atom stereocenters. The Morgan fingerprint density at radius 1 is 1.29 bits per heavy atom. The molecule has 3 atom stereocenters. The third-order valence-corrected chi connectivity index (χ3v) is 4.04. The number of hydrogen-bond donors (Lipinski definition) is 2. The Balaban J connectivity index is 1.65. The van der Waals surface area contributed by atoms with Gasteiger partial charge >= 0.3 is 0 Å². The lowest BCUT2D eigenvalue weighted by molar-refractivity contribution is -0.126. The van der Waals surface area contributed by atoms with Gasteiger partial charge < -0.3 is 24.8 Å². The molecule has 1 aromatic rings. The van der Waals surface area contributed by atoms with E-state index >= 15 is 0 Å². The van der Waals surface area contributed by atoms with E-state index in [4.69, 9.17) is 14.2 Å². The van der Waals surface area contributed by atoms with E-state index < -0.39 is 0 Å². The van der Waals surface area contributed by atoms with Crippen molar-refractivity contribution in [3.8, 4) is 11.5 Å². The number of carbonyl (C=O) groups excluding carboxylic acids is 1. The van der Waals surface area contributed by atoms with Crippen molar-refractivity contribution in [2.45, 2.75) is 19.0 Å². The van der Waals surface area contributed by atoms with Crippen LogP contribution in [-0.4, -0.2) is 39.0 Å². The number of ether oxygens (including phenoxy) is 3. The van der Waals surface area contributed by atoms with Crippen LogP contribution in [-0.2, 0) is 9.53 Å². The van der Waals surface area contributed by atoms with Gasteiger partial charge in [0.1, 0.15) is 0 Å². The molecule has 6 nitrogen and oxygen atoms in total. The first-order chi connectivity index (χ1) is 10.2. The lowest BCUT2D eigenvalue weighted by atomic mass is 10.0. The number of rotatable bonds is 4. The van der Waals surface area contributed by atoms with Gasteiger partial charge in [-0.25, -0.2) is 0 Å². The molecule has 2 aliphatic rings. The zero-order valence-corrected chi connectivity index (χ0v) is 12.2. The third kappa shape index (κ3) is 2.82. The Bertz CT molecular complexity index is 534. The number of likely N-dealkylation sites (N-methyl/N-ethyl adjacent to an activating group) is 1. The van der Waals surface area contributed by atoms with Gasteiger partial charge in [-0.2, -0.15) is 0 Å². The minimum absolute atomic E-state index is 0.0111. The van der Waals surface area contributed by atoms with Crippen LogP contribution in [0.15, 0.2) is 18.2 Å². The Hall–Kier alpha value is -1.79. The molecule has 0 radical (unpaired) electrons. The Morgan fingerprint density at radius 2 is 2.10 bits per heavy atom. The van der Waals surface area contributed by atoms with Gasteiger partial charge in [0.15, 0.2) is 11.5 Å². The molecule has 6 heteroatoms. The Morgan fingerprint density at radius 3 is 2.90 bits per heavy atom. The van der Waals surface area contributed by atoms with E-state index in [1.807, 2.05) is 32.2 Å². The van der Waals surface area contributed by atoms with Crippen molar-refractivity contribution in [3.05, 3.63) is 23.8 Å². The van der Waals surface area contributed by atoms with Gasteiger partial charge in [-0.15, -0.1) is 0 Å². The minimum Gasteiger partial charge on any atom is -0.454 e. The molecule has 1 amide bonds. The maximum Gasteiger partial charge on any atom is 0.231 e. The van der Waals surface area contributed by atoms with Gasteiger partial charge in [-0.05, 0) is 31.7 Å². The summed E-state index contributed by atoms with van der Waals surface area (Å²) in [7, 11) is 1.85. The van der Waals surface area contributed by atoms with Crippen LogP contribution in [0, 0.1) is 5.92 Å². The zero-order valence-electron chi connectivity index (χ0n) is 12.2. The van der Waals surface area contributed by atoms with E-state index in [1.54, 1.807) is 0 Å². The Labute approximate surface area is 123 Å². The summed E-state index contributed by atoms with van der Waals surface area (Å²) in [6.07, 6.45) is 0. The molecule has 114 valence electrons. The molecule has 0 bridgehead atoms. The number of amides is 1. The predicted molar refractivity (Wildman–Crippen MR) is 76.3 cm³/mol. The van der Waals surface area contributed by atoms with Crippen LogP contribution < -0.4 is 20.1 Å². The fourth-order valence-corrected chi connectivity index (χ4v) is 2.68. The second kappa shape index (κ2) is 5.91. The summed E-state index contributed by atoms with van der Waals surface area (Å²) in [6.45, 7) is 3.25. The van der Waals surface area contributed by atoms with E-state index in [9.17, 15) is 4.79 Å². The normalized spacial score (nSPS) is 24.9. The lowest BCUT2D eigenvalue weighted by Gasteiger charge is -2.20. The van der Waals surface area contributed by atoms with E-state index in [2.05, 4.69) is 10.6 Å². The largest absolute Gasteiger partial charge is 0.454 e. The second-order valence-corrected chi connectivity index (χ2v) is 5.38. The van der Waals surface area contributed by atoms with Crippen LogP contribution in [0.3, 0.4) is 0 Å². The molecule has 0 aromatic heterocycles. The van der Waals surface area contributed by atoms with E-state index in [-0.39, 0.29) is 30.7 Å². The number of fused-ring (bicyclic) bond motifs is 1. The highest BCUT2D eigenvalue weighted by Gasteiger charge is 2.33. The quantitative estimate of drug-likeness (QED) is 0.860. The summed E-state index contributed by atoms with van der Waals surface area (Å²) in [5, 5.41) is 6.16. The molecule has 0 saturated carbocycles. The van der Waals surface area contributed by atoms with Crippen LogP contribution in [0.5, 0.6) is 11.5 Å². The molecule has 2 N–H and O–H groups in total. The van der Waals surface area contributed by atoms with Crippen molar-refractivity contribution in [1.29, 1.82) is 0 Å². The molecule has 3 rings (SSSR count). The van der Waals surface area contributed by atoms with Gasteiger partial charge in [0.2, 0.25) is 12.7 Å². The second-order valence-electron chi connectivity index (χ2n) is 5.38. The number of hydrogen-bond acceptors (Lipinski definition) is 5. The van der Waals surface area contributed by atoms with E-state index in [0.29, 0.717) is 13.2 Å². The SMILES string of the molecule is CNC1COCC1C(=O)NC(C)c1ccc2c(c1)OCO2. The first-order valence-electron chi connectivity index (χ1n) is 7.14. The molecule has 1 saturated heterocycles. The highest BCUT2D eigenvalue weighted by molar-refractivity contribution is 5.80. The highest BCUT2D eigenvalue weighted by atomic mass is 16.7. The standard InChI is InChI=1S/C15H20N2O4/c1-9(10-3-4-13-14(5-10)21-8-20-13)17-15(18)11-6-19-7-12(11)16-2/h3-5,9,11-12,16H,6-8H2,1-2H3,(H,17,18). The zero-order chi connectivity index (χ0) is 14.8.